The molecule has 0 saturated heterocycles. The number of esters is 1. The Kier molecular flexibility index (Phi) is 9.57. The molecule has 72 valence electrons. The first-order valence-electron chi connectivity index (χ1n) is 3.52. The van der Waals surface area contributed by atoms with Crippen LogP contribution in [-0.2, 0) is 14.3 Å². The van der Waals surface area contributed by atoms with E-state index in [2.05, 4.69) is 4.74 Å². The zero-order valence-electron chi connectivity index (χ0n) is 6.84. The first kappa shape index (κ1) is 13.8. The molecule has 0 radical (unpaired) electrons. The Hall–Kier alpha value is -0.770. The molecular weight excluding hydrogens is 184 g/mol. The van der Waals surface area contributed by atoms with Crippen molar-refractivity contribution in [2.45, 2.75) is 26.2 Å². The van der Waals surface area contributed by atoms with Gasteiger partial charge in [0.05, 0.1) is 19.0 Å². The van der Waals surface area contributed by atoms with Crippen LogP contribution in [0.1, 0.15) is 26.2 Å². The summed E-state index contributed by atoms with van der Waals surface area (Å²) in [6.07, 6.45) is 1.03. The molecule has 0 N–H and O–H groups in total. The highest BCUT2D eigenvalue weighted by atomic mass is 35.5. The fraction of sp³-hybridized carbons (Fsp3) is 0.714. The third kappa shape index (κ3) is 9.23. The van der Waals surface area contributed by atoms with Crippen molar-refractivity contribution >= 4 is 11.9 Å². The van der Waals surface area contributed by atoms with Gasteiger partial charge in [0.2, 0.25) is 0 Å². The maximum atomic E-state index is 10.5. The maximum Gasteiger partial charge on any atom is 0.311 e. The van der Waals surface area contributed by atoms with Crippen LogP contribution in [0.5, 0.6) is 0 Å². The number of hydrogen-bond donors (Lipinski definition) is 0. The van der Waals surface area contributed by atoms with E-state index in [9.17, 15) is 14.7 Å². The molecule has 0 heterocycles. The maximum absolute atomic E-state index is 10.5. The smallest absolute Gasteiger partial charge is 0.311 e. The van der Waals surface area contributed by atoms with Crippen molar-refractivity contribution in [3.63, 3.8) is 0 Å². The molecule has 0 saturated carbocycles. The number of carbonyl (C=O) groups excluding carboxylic acids is 2. The molecule has 0 atom stereocenters. The van der Waals surface area contributed by atoms with Crippen molar-refractivity contribution in [2.75, 3.05) is 6.61 Å². The molecule has 0 aliphatic heterocycles. The van der Waals surface area contributed by atoms with E-state index in [1.165, 1.54) is 0 Å². The van der Waals surface area contributed by atoms with Crippen molar-refractivity contribution in [3.05, 3.63) is 0 Å². The molecule has 0 aromatic rings. The van der Waals surface area contributed by atoms with Crippen LogP contribution in [0.4, 0.5) is 0 Å². The zero-order chi connectivity index (χ0) is 8.69. The summed E-state index contributed by atoms with van der Waals surface area (Å²) in [7, 11) is 0. The summed E-state index contributed by atoms with van der Waals surface area (Å²) in [5, 5.41) is 9.83. The molecule has 4 nitrogen and oxygen atoms in total. The molecule has 5 heteroatoms. The number of rotatable bonds is 5. The minimum Gasteiger partial charge on any atom is -1.00 e. The molecule has 0 unspecified atom stereocenters. The van der Waals surface area contributed by atoms with Crippen molar-refractivity contribution < 1.29 is 31.8 Å². The Bertz CT molecular complexity index is 146. The molecule has 0 amide bonds. The van der Waals surface area contributed by atoms with Crippen LogP contribution in [0.25, 0.3) is 0 Å². The second-order valence-corrected chi connectivity index (χ2v) is 2.12. The quantitative estimate of drug-likeness (QED) is 0.259. The molecule has 0 aromatic carbocycles. The normalized spacial score (nSPS) is 8.42. The van der Waals surface area contributed by atoms with Gasteiger partial charge in [-0.3, -0.25) is 4.79 Å². The molecule has 0 aliphatic carbocycles. The summed E-state index contributed by atoms with van der Waals surface area (Å²) >= 11 is 0. The largest absolute Gasteiger partial charge is 1.00 e. The monoisotopic (exact) mass is 194 g/mol. The van der Waals surface area contributed by atoms with Gasteiger partial charge in [-0.05, 0) is 6.42 Å². The Morgan fingerprint density at radius 3 is 2.42 bits per heavy atom. The summed E-state index contributed by atoms with van der Waals surface area (Å²) in [5.41, 5.74) is 0. The summed E-state index contributed by atoms with van der Waals surface area (Å²) in [5.74, 6) is -2.12. The second kappa shape index (κ2) is 8.33. The van der Waals surface area contributed by atoms with Crippen LogP contribution >= 0.6 is 0 Å². The van der Waals surface area contributed by atoms with Crippen LogP contribution in [0.15, 0.2) is 0 Å². The van der Waals surface area contributed by atoms with Gasteiger partial charge < -0.3 is 27.0 Å². The highest BCUT2D eigenvalue weighted by Crippen LogP contribution is 1.90. The minimum atomic E-state index is -1.40. The van der Waals surface area contributed by atoms with Gasteiger partial charge in [0, 0.05) is 0 Å². The van der Waals surface area contributed by atoms with E-state index in [1.807, 2.05) is 6.92 Å². The van der Waals surface area contributed by atoms with Gasteiger partial charge in [0.1, 0.15) is 0 Å². The topological polar surface area (TPSA) is 66.4 Å². The van der Waals surface area contributed by atoms with Crippen molar-refractivity contribution in [1.82, 2.24) is 0 Å². The molecular formula is C7H11ClO4-2. The molecule has 0 spiro atoms. The lowest BCUT2D eigenvalue weighted by Crippen LogP contribution is -3.00. The zero-order valence-corrected chi connectivity index (χ0v) is 7.60. The Labute approximate surface area is 77.3 Å². The molecule has 0 aromatic heterocycles. The number of carboxylic acids is 1. The van der Waals surface area contributed by atoms with E-state index >= 15 is 0 Å². The molecule has 0 rings (SSSR count). The Morgan fingerprint density at radius 2 is 2.00 bits per heavy atom. The van der Waals surface area contributed by atoms with E-state index in [-0.39, 0.29) is 12.4 Å². The number of hydrogen-bond acceptors (Lipinski definition) is 4. The van der Waals surface area contributed by atoms with Crippen LogP contribution < -0.4 is 17.5 Å². The fourth-order valence-electron chi connectivity index (χ4n) is 0.499. The van der Waals surface area contributed by atoms with E-state index in [0.717, 1.165) is 12.8 Å². The number of carboxylic acid groups (broad SMARTS) is 1. The van der Waals surface area contributed by atoms with Crippen LogP contribution in [0, 0.1) is 0 Å². The van der Waals surface area contributed by atoms with Crippen LogP contribution in [-0.4, -0.2) is 18.5 Å². The summed E-state index contributed by atoms with van der Waals surface area (Å²) in [6, 6.07) is 0. The number of carbonyl (C=O) groups is 2. The van der Waals surface area contributed by atoms with Gasteiger partial charge >= 0.3 is 5.97 Å². The van der Waals surface area contributed by atoms with Gasteiger partial charge in [-0.25, -0.2) is 0 Å². The SMILES string of the molecule is CCCCOC(=O)CC(=O)[O-].[Cl-]. The van der Waals surface area contributed by atoms with E-state index in [4.69, 9.17) is 0 Å². The number of ether oxygens (including phenoxy) is 1. The fourth-order valence-corrected chi connectivity index (χ4v) is 0.499. The average molecular weight is 195 g/mol. The van der Waals surface area contributed by atoms with Crippen molar-refractivity contribution in [1.29, 1.82) is 0 Å². The van der Waals surface area contributed by atoms with Gasteiger partial charge in [-0.2, -0.15) is 0 Å². The molecule has 0 aliphatic rings. The molecule has 0 fully saturated rings. The van der Waals surface area contributed by atoms with Gasteiger partial charge in [-0.1, -0.05) is 13.3 Å². The van der Waals surface area contributed by atoms with Crippen LogP contribution in [0.2, 0.25) is 0 Å². The Balaban J connectivity index is 0. The lowest BCUT2D eigenvalue weighted by molar-refractivity contribution is -0.305. The Morgan fingerprint density at radius 1 is 1.42 bits per heavy atom. The minimum absolute atomic E-state index is 0. The lowest BCUT2D eigenvalue weighted by atomic mass is 10.3. The van der Waals surface area contributed by atoms with E-state index in [1.54, 1.807) is 0 Å². The molecule has 0 bridgehead atoms. The van der Waals surface area contributed by atoms with Gasteiger partial charge in [-0.15, -0.1) is 0 Å². The third-order valence-electron chi connectivity index (χ3n) is 1.05. The highest BCUT2D eigenvalue weighted by molar-refractivity contribution is 5.88. The highest BCUT2D eigenvalue weighted by Gasteiger charge is 2.00. The molecule has 12 heavy (non-hydrogen) atoms. The summed E-state index contributed by atoms with van der Waals surface area (Å²) < 4.78 is 4.53. The van der Waals surface area contributed by atoms with E-state index in [0.29, 0.717) is 6.61 Å². The van der Waals surface area contributed by atoms with Gasteiger partial charge in [0.25, 0.3) is 0 Å². The number of aliphatic carboxylic acids is 1. The standard InChI is InChI=1S/C7H12O4.ClH/c1-2-3-4-11-7(10)5-6(8)9;/h2-5H2,1H3,(H,8,9);1H/p-2. The lowest BCUT2D eigenvalue weighted by Gasteiger charge is -2.03. The predicted molar refractivity (Wildman–Crippen MR) is 35.5 cm³/mol. The van der Waals surface area contributed by atoms with Crippen molar-refractivity contribution in [3.8, 4) is 0 Å². The predicted octanol–water partition coefficient (Wildman–Crippen LogP) is -3.53. The average Bonchev–Trinajstić information content (AvgIpc) is 1.86. The van der Waals surface area contributed by atoms with Crippen molar-refractivity contribution in [2.24, 2.45) is 0 Å². The first-order chi connectivity index (χ1) is 5.16. The van der Waals surface area contributed by atoms with Crippen LogP contribution in [0.3, 0.4) is 0 Å². The summed E-state index contributed by atoms with van der Waals surface area (Å²) in [6.45, 7) is 2.25. The van der Waals surface area contributed by atoms with E-state index < -0.39 is 18.4 Å². The summed E-state index contributed by atoms with van der Waals surface area (Å²) in [4.78, 5) is 20.3. The number of unbranched alkanes of at least 4 members (excludes halogenated alkanes) is 1. The first-order valence-corrected chi connectivity index (χ1v) is 3.52. The third-order valence-corrected chi connectivity index (χ3v) is 1.05. The number of halogens is 1. The second-order valence-electron chi connectivity index (χ2n) is 2.12. The van der Waals surface area contributed by atoms with Gasteiger partial charge in [0.15, 0.2) is 0 Å².